The van der Waals surface area contributed by atoms with Gasteiger partial charge in [-0.15, -0.1) is 0 Å². The van der Waals surface area contributed by atoms with Crippen molar-refractivity contribution < 1.29 is 14.6 Å². The number of aliphatic hydroxyl groups is 1. The number of benzene rings is 2. The highest BCUT2D eigenvalue weighted by Crippen LogP contribution is 2.38. The van der Waals surface area contributed by atoms with E-state index in [0.29, 0.717) is 30.8 Å². The number of carbonyl (C=O) groups excluding carboxylic acids is 1. The smallest absolute Gasteiger partial charge is 0.338 e. The van der Waals surface area contributed by atoms with Gasteiger partial charge in [0.15, 0.2) is 0 Å². The fourth-order valence-corrected chi connectivity index (χ4v) is 4.02. The van der Waals surface area contributed by atoms with E-state index in [9.17, 15) is 9.90 Å². The zero-order chi connectivity index (χ0) is 20.7. The van der Waals surface area contributed by atoms with Crippen LogP contribution in [0.25, 0.3) is 6.08 Å². The number of hydrogen-bond donors (Lipinski definition) is 1. The van der Waals surface area contributed by atoms with Gasteiger partial charge in [-0.1, -0.05) is 86.7 Å². The Hall–Kier alpha value is -2.81. The van der Waals surface area contributed by atoms with Crippen molar-refractivity contribution in [1.82, 2.24) is 0 Å². The SMILES string of the molecule is CC(C)CC1(CCc2ccccc2)CC(O)=C(CC=Cc2ccccc2)C(=O)O1. The van der Waals surface area contributed by atoms with Crippen molar-refractivity contribution in [3.05, 3.63) is 89.2 Å². The van der Waals surface area contributed by atoms with E-state index in [-0.39, 0.29) is 11.7 Å². The minimum atomic E-state index is -0.641. The molecule has 3 nitrogen and oxygen atoms in total. The van der Waals surface area contributed by atoms with Gasteiger partial charge in [-0.2, -0.15) is 0 Å². The van der Waals surface area contributed by atoms with Crippen LogP contribution in [0, 0.1) is 5.92 Å². The average molecular weight is 391 g/mol. The lowest BCUT2D eigenvalue weighted by Gasteiger charge is -2.38. The third kappa shape index (κ3) is 5.83. The van der Waals surface area contributed by atoms with Gasteiger partial charge < -0.3 is 9.84 Å². The van der Waals surface area contributed by atoms with Gasteiger partial charge in [0.25, 0.3) is 0 Å². The Morgan fingerprint density at radius 3 is 2.34 bits per heavy atom. The maximum Gasteiger partial charge on any atom is 0.338 e. The van der Waals surface area contributed by atoms with Gasteiger partial charge >= 0.3 is 5.97 Å². The van der Waals surface area contributed by atoms with Gasteiger partial charge in [0.2, 0.25) is 0 Å². The predicted octanol–water partition coefficient (Wildman–Crippen LogP) is 6.27. The third-order valence-electron chi connectivity index (χ3n) is 5.32. The second kappa shape index (κ2) is 9.60. The molecule has 0 aromatic heterocycles. The Kier molecular flexibility index (Phi) is 6.92. The van der Waals surface area contributed by atoms with Crippen molar-refractivity contribution in [1.29, 1.82) is 0 Å². The minimum absolute atomic E-state index is 0.174. The first-order chi connectivity index (χ1) is 14.0. The molecular formula is C26H30O3. The highest BCUT2D eigenvalue weighted by atomic mass is 16.6. The van der Waals surface area contributed by atoms with Crippen molar-refractivity contribution in [2.75, 3.05) is 0 Å². The Balaban J connectivity index is 1.73. The Morgan fingerprint density at radius 2 is 1.72 bits per heavy atom. The van der Waals surface area contributed by atoms with Crippen LogP contribution in [-0.4, -0.2) is 16.7 Å². The first-order valence-electron chi connectivity index (χ1n) is 10.4. The van der Waals surface area contributed by atoms with E-state index in [0.717, 1.165) is 18.4 Å². The molecule has 1 atom stereocenters. The molecule has 3 heteroatoms. The van der Waals surface area contributed by atoms with Crippen molar-refractivity contribution in [2.24, 2.45) is 5.92 Å². The topological polar surface area (TPSA) is 46.5 Å². The molecule has 1 unspecified atom stereocenters. The highest BCUT2D eigenvalue weighted by molar-refractivity contribution is 5.90. The molecule has 1 aliphatic rings. The van der Waals surface area contributed by atoms with Gasteiger partial charge in [0.05, 0.1) is 5.57 Å². The van der Waals surface area contributed by atoms with Crippen molar-refractivity contribution in [3.63, 3.8) is 0 Å². The summed E-state index contributed by atoms with van der Waals surface area (Å²) in [7, 11) is 0. The monoisotopic (exact) mass is 390 g/mol. The van der Waals surface area contributed by atoms with Crippen molar-refractivity contribution >= 4 is 12.0 Å². The third-order valence-corrected chi connectivity index (χ3v) is 5.32. The molecule has 0 amide bonds. The number of hydrogen-bond acceptors (Lipinski definition) is 3. The first-order valence-corrected chi connectivity index (χ1v) is 10.4. The quantitative estimate of drug-likeness (QED) is 0.541. The summed E-state index contributed by atoms with van der Waals surface area (Å²) < 4.78 is 6.00. The number of esters is 1. The molecule has 2 aromatic carbocycles. The number of allylic oxidation sites excluding steroid dienone is 1. The summed E-state index contributed by atoms with van der Waals surface area (Å²) in [6.45, 7) is 4.24. The maximum atomic E-state index is 12.8. The fraction of sp³-hybridized carbons (Fsp3) is 0.346. The molecular weight excluding hydrogens is 360 g/mol. The molecule has 152 valence electrons. The number of ether oxygens (including phenoxy) is 1. The lowest BCUT2D eigenvalue weighted by molar-refractivity contribution is -0.161. The summed E-state index contributed by atoms with van der Waals surface area (Å²) in [5, 5.41) is 10.7. The molecule has 2 aromatic rings. The van der Waals surface area contributed by atoms with E-state index >= 15 is 0 Å². The predicted molar refractivity (Wildman–Crippen MR) is 117 cm³/mol. The lowest BCUT2D eigenvalue weighted by Crippen LogP contribution is -2.41. The second-order valence-electron chi connectivity index (χ2n) is 8.28. The molecule has 1 N–H and O–H groups in total. The Morgan fingerprint density at radius 1 is 1.07 bits per heavy atom. The number of aryl methyl sites for hydroxylation is 1. The number of rotatable bonds is 8. The molecule has 0 saturated carbocycles. The molecule has 0 radical (unpaired) electrons. The number of cyclic esters (lactones) is 1. The van der Waals surface area contributed by atoms with Crippen LogP contribution in [0.4, 0.5) is 0 Å². The molecule has 1 aliphatic heterocycles. The maximum absolute atomic E-state index is 12.8. The highest BCUT2D eigenvalue weighted by Gasteiger charge is 2.41. The van der Waals surface area contributed by atoms with Crippen LogP contribution in [0.2, 0.25) is 0 Å². The summed E-state index contributed by atoms with van der Waals surface area (Å²) >= 11 is 0. The van der Waals surface area contributed by atoms with Crippen LogP contribution in [0.3, 0.4) is 0 Å². The van der Waals surface area contributed by atoms with E-state index in [1.54, 1.807) is 0 Å². The number of carbonyl (C=O) groups is 1. The Labute approximate surface area is 173 Å². The average Bonchev–Trinajstić information content (AvgIpc) is 2.70. The molecule has 0 fully saturated rings. The molecule has 0 saturated heterocycles. The summed E-state index contributed by atoms with van der Waals surface area (Å²) in [6.07, 6.45) is 6.88. The Bertz CT molecular complexity index is 865. The van der Waals surface area contributed by atoms with E-state index < -0.39 is 5.60 Å². The van der Waals surface area contributed by atoms with E-state index in [1.807, 2.05) is 60.7 Å². The zero-order valence-electron chi connectivity index (χ0n) is 17.3. The van der Waals surface area contributed by atoms with Crippen LogP contribution < -0.4 is 0 Å². The molecule has 0 spiro atoms. The standard InChI is InChI=1S/C26H30O3/c1-20(2)18-26(17-16-22-12-7-4-8-13-22)19-24(27)23(25(28)29-26)15-9-14-21-10-5-3-6-11-21/h3-14,20,27H,15-19H2,1-2H3. The molecule has 29 heavy (non-hydrogen) atoms. The lowest BCUT2D eigenvalue weighted by atomic mass is 9.81. The van der Waals surface area contributed by atoms with Crippen LogP contribution in [0.1, 0.15) is 50.7 Å². The number of aliphatic hydroxyl groups excluding tert-OH is 1. The van der Waals surface area contributed by atoms with E-state index in [2.05, 4.69) is 26.0 Å². The normalized spacial score (nSPS) is 19.8. The zero-order valence-corrected chi connectivity index (χ0v) is 17.3. The van der Waals surface area contributed by atoms with Crippen molar-refractivity contribution in [3.8, 4) is 0 Å². The first kappa shape index (κ1) is 20.9. The van der Waals surface area contributed by atoms with Crippen LogP contribution in [0.5, 0.6) is 0 Å². The summed E-state index contributed by atoms with van der Waals surface area (Å²) in [6, 6.07) is 20.1. The van der Waals surface area contributed by atoms with Gasteiger partial charge in [-0.3, -0.25) is 0 Å². The summed E-state index contributed by atoms with van der Waals surface area (Å²) in [5.74, 6) is 0.152. The molecule has 3 rings (SSSR count). The van der Waals surface area contributed by atoms with Gasteiger partial charge in [0, 0.05) is 12.8 Å². The van der Waals surface area contributed by atoms with E-state index in [1.165, 1.54) is 5.56 Å². The van der Waals surface area contributed by atoms with Crippen LogP contribution in [0.15, 0.2) is 78.1 Å². The van der Waals surface area contributed by atoms with Crippen LogP contribution >= 0.6 is 0 Å². The molecule has 1 heterocycles. The fourth-order valence-electron chi connectivity index (χ4n) is 4.02. The van der Waals surface area contributed by atoms with Gasteiger partial charge in [-0.25, -0.2) is 4.79 Å². The van der Waals surface area contributed by atoms with Crippen LogP contribution in [-0.2, 0) is 16.0 Å². The van der Waals surface area contributed by atoms with E-state index in [4.69, 9.17) is 4.74 Å². The second-order valence-corrected chi connectivity index (χ2v) is 8.28. The van der Waals surface area contributed by atoms with Crippen molar-refractivity contribution in [2.45, 2.75) is 51.6 Å². The molecule has 0 aliphatic carbocycles. The summed E-state index contributed by atoms with van der Waals surface area (Å²) in [4.78, 5) is 12.8. The minimum Gasteiger partial charge on any atom is -0.512 e. The molecule has 0 bridgehead atoms. The largest absolute Gasteiger partial charge is 0.512 e. The summed E-state index contributed by atoms with van der Waals surface area (Å²) in [5.41, 5.74) is 2.01. The van der Waals surface area contributed by atoms with Gasteiger partial charge in [-0.05, 0) is 36.3 Å². The van der Waals surface area contributed by atoms with Gasteiger partial charge in [0.1, 0.15) is 11.4 Å².